The lowest BCUT2D eigenvalue weighted by Gasteiger charge is -2.14. The Morgan fingerprint density at radius 3 is 2.65 bits per heavy atom. The molecule has 2 aromatic heterocycles. The van der Waals surface area contributed by atoms with E-state index < -0.39 is 15.7 Å². The molecule has 106 valence electrons. The third-order valence-corrected chi connectivity index (χ3v) is 4.97. The summed E-state index contributed by atoms with van der Waals surface area (Å²) in [5.74, 6) is 0. The van der Waals surface area contributed by atoms with E-state index in [0.29, 0.717) is 5.71 Å². The molecule has 0 aromatic carbocycles. The standard InChI is InChI=1S/C14H15BrN2OS2/c1-14(2,3)20(18)17-13(10-7-8-19-9-10)11-5-4-6-12(15)16-11/h4-9H,1-3H3/b17-13-. The Kier molecular flexibility index (Phi) is 4.88. The summed E-state index contributed by atoms with van der Waals surface area (Å²) >= 11 is 4.94. The van der Waals surface area contributed by atoms with Crippen molar-refractivity contribution in [1.29, 1.82) is 0 Å². The van der Waals surface area contributed by atoms with Gasteiger partial charge in [-0.15, -0.1) is 0 Å². The van der Waals surface area contributed by atoms with Crippen LogP contribution in [-0.4, -0.2) is 19.7 Å². The van der Waals surface area contributed by atoms with Gasteiger partial charge in [-0.25, -0.2) is 9.19 Å². The van der Waals surface area contributed by atoms with E-state index in [1.807, 2.05) is 55.8 Å². The molecule has 2 aromatic rings. The SMILES string of the molecule is CC(C)(C)S(=O)/N=C(/c1ccsc1)c1cccc(Br)n1. The lowest BCUT2D eigenvalue weighted by atomic mass is 10.1. The van der Waals surface area contributed by atoms with E-state index in [9.17, 15) is 4.21 Å². The fourth-order valence-corrected chi connectivity index (χ4v) is 3.03. The highest BCUT2D eigenvalue weighted by molar-refractivity contribution is 9.10. The van der Waals surface area contributed by atoms with Gasteiger partial charge in [0.2, 0.25) is 0 Å². The van der Waals surface area contributed by atoms with Crippen molar-refractivity contribution in [3.63, 3.8) is 0 Å². The molecule has 1 unspecified atom stereocenters. The molecule has 0 N–H and O–H groups in total. The summed E-state index contributed by atoms with van der Waals surface area (Å²) in [6, 6.07) is 7.59. The van der Waals surface area contributed by atoms with Crippen LogP contribution in [0.3, 0.4) is 0 Å². The van der Waals surface area contributed by atoms with Crippen molar-refractivity contribution in [2.75, 3.05) is 0 Å². The van der Waals surface area contributed by atoms with Crippen LogP contribution in [0.1, 0.15) is 32.0 Å². The van der Waals surface area contributed by atoms with Crippen molar-refractivity contribution in [1.82, 2.24) is 4.98 Å². The van der Waals surface area contributed by atoms with Gasteiger partial charge >= 0.3 is 0 Å². The molecule has 0 saturated carbocycles. The monoisotopic (exact) mass is 370 g/mol. The summed E-state index contributed by atoms with van der Waals surface area (Å²) in [5.41, 5.74) is 2.33. The van der Waals surface area contributed by atoms with Crippen molar-refractivity contribution in [3.8, 4) is 0 Å². The molecule has 0 saturated heterocycles. The lowest BCUT2D eigenvalue weighted by Crippen LogP contribution is -2.21. The highest BCUT2D eigenvalue weighted by Gasteiger charge is 2.21. The first kappa shape index (κ1) is 15.5. The molecule has 20 heavy (non-hydrogen) atoms. The number of pyridine rings is 1. The number of aromatic nitrogens is 1. The zero-order valence-corrected chi connectivity index (χ0v) is 14.7. The Hall–Kier alpha value is -0.850. The number of thiophene rings is 1. The number of hydrogen-bond acceptors (Lipinski definition) is 3. The molecule has 0 spiro atoms. The highest BCUT2D eigenvalue weighted by atomic mass is 79.9. The Labute approximate surface area is 133 Å². The first-order valence-electron chi connectivity index (χ1n) is 6.04. The second kappa shape index (κ2) is 6.28. The molecule has 6 heteroatoms. The Bertz CT molecular complexity index is 645. The van der Waals surface area contributed by atoms with Gasteiger partial charge < -0.3 is 0 Å². The fourth-order valence-electron chi connectivity index (χ4n) is 1.41. The molecule has 0 aliphatic heterocycles. The summed E-state index contributed by atoms with van der Waals surface area (Å²) < 4.78 is 17.1. The van der Waals surface area contributed by atoms with Gasteiger partial charge in [0.25, 0.3) is 0 Å². The molecular weight excluding hydrogens is 356 g/mol. The van der Waals surface area contributed by atoms with E-state index in [-0.39, 0.29) is 0 Å². The summed E-state index contributed by atoms with van der Waals surface area (Å²) in [5, 5.41) is 3.96. The first-order chi connectivity index (χ1) is 9.38. The maximum Gasteiger partial charge on any atom is 0.145 e. The largest absolute Gasteiger partial charge is 0.239 e. The zero-order chi connectivity index (χ0) is 14.8. The summed E-state index contributed by atoms with van der Waals surface area (Å²) in [4.78, 5) is 4.42. The number of nitrogens with zero attached hydrogens (tertiary/aromatic N) is 2. The maximum absolute atomic E-state index is 12.3. The quantitative estimate of drug-likeness (QED) is 0.599. The Morgan fingerprint density at radius 1 is 1.35 bits per heavy atom. The molecule has 0 fully saturated rings. The maximum atomic E-state index is 12.3. The van der Waals surface area contributed by atoms with Gasteiger partial charge in [-0.1, -0.05) is 6.07 Å². The van der Waals surface area contributed by atoms with Crippen LogP contribution in [0, 0.1) is 0 Å². The van der Waals surface area contributed by atoms with Crippen LogP contribution in [0.15, 0.2) is 44.0 Å². The van der Waals surface area contributed by atoms with Crippen LogP contribution in [-0.2, 0) is 11.0 Å². The predicted molar refractivity (Wildman–Crippen MR) is 89.8 cm³/mol. The summed E-state index contributed by atoms with van der Waals surface area (Å²) in [7, 11) is -1.32. The third kappa shape index (κ3) is 3.84. The van der Waals surface area contributed by atoms with Gasteiger partial charge in [0, 0.05) is 10.9 Å². The minimum absolute atomic E-state index is 0.396. The molecule has 2 heterocycles. The topological polar surface area (TPSA) is 42.3 Å². The minimum Gasteiger partial charge on any atom is -0.239 e. The van der Waals surface area contributed by atoms with Crippen LogP contribution in [0.5, 0.6) is 0 Å². The summed E-state index contributed by atoms with van der Waals surface area (Å²) in [6.45, 7) is 5.73. The predicted octanol–water partition coefficient (Wildman–Crippen LogP) is 4.21. The number of rotatable bonds is 3. The van der Waals surface area contributed by atoms with Gasteiger partial charge in [0.05, 0.1) is 10.4 Å². The Morgan fingerprint density at radius 2 is 2.10 bits per heavy atom. The molecule has 3 nitrogen and oxygen atoms in total. The Balaban J connectivity index is 2.52. The third-order valence-electron chi connectivity index (χ3n) is 2.45. The number of halogens is 1. The second-order valence-corrected chi connectivity index (χ2v) is 8.66. The van der Waals surface area contributed by atoms with Crippen LogP contribution < -0.4 is 0 Å². The molecule has 0 amide bonds. The molecular formula is C14H15BrN2OS2. The van der Waals surface area contributed by atoms with Gasteiger partial charge in [-0.2, -0.15) is 15.7 Å². The zero-order valence-electron chi connectivity index (χ0n) is 11.5. The smallest absolute Gasteiger partial charge is 0.145 e. The van der Waals surface area contributed by atoms with Crippen molar-refractivity contribution >= 4 is 44.0 Å². The molecule has 0 aliphatic carbocycles. The van der Waals surface area contributed by atoms with E-state index >= 15 is 0 Å². The molecule has 0 aliphatic rings. The van der Waals surface area contributed by atoms with Crippen LogP contribution in [0.4, 0.5) is 0 Å². The van der Waals surface area contributed by atoms with E-state index in [2.05, 4.69) is 25.3 Å². The van der Waals surface area contributed by atoms with Crippen molar-refractivity contribution < 1.29 is 4.21 Å². The minimum atomic E-state index is -1.32. The molecule has 1 atom stereocenters. The van der Waals surface area contributed by atoms with Crippen LogP contribution in [0.25, 0.3) is 0 Å². The molecule has 0 radical (unpaired) electrons. The lowest BCUT2D eigenvalue weighted by molar-refractivity contribution is 0.650. The van der Waals surface area contributed by atoms with Crippen molar-refractivity contribution in [2.24, 2.45) is 4.40 Å². The first-order valence-corrected chi connectivity index (χ1v) is 8.88. The van der Waals surface area contributed by atoms with E-state index in [4.69, 9.17) is 0 Å². The second-order valence-electron chi connectivity index (χ2n) is 5.16. The molecule has 2 rings (SSSR count). The summed E-state index contributed by atoms with van der Waals surface area (Å²) in [6.07, 6.45) is 0. The van der Waals surface area contributed by atoms with Crippen LogP contribution in [0.2, 0.25) is 0 Å². The average molecular weight is 371 g/mol. The van der Waals surface area contributed by atoms with Crippen LogP contribution >= 0.6 is 27.3 Å². The van der Waals surface area contributed by atoms with Crippen molar-refractivity contribution in [2.45, 2.75) is 25.5 Å². The number of hydrogen-bond donors (Lipinski definition) is 0. The van der Waals surface area contributed by atoms with Gasteiger partial charge in [-0.3, -0.25) is 0 Å². The fraction of sp³-hybridized carbons (Fsp3) is 0.286. The van der Waals surface area contributed by atoms with E-state index in [1.165, 1.54) is 0 Å². The average Bonchev–Trinajstić information content (AvgIpc) is 2.88. The van der Waals surface area contributed by atoms with E-state index in [1.54, 1.807) is 11.3 Å². The van der Waals surface area contributed by atoms with Gasteiger partial charge in [0.1, 0.15) is 21.3 Å². The van der Waals surface area contributed by atoms with Gasteiger partial charge in [0.15, 0.2) is 0 Å². The van der Waals surface area contributed by atoms with Gasteiger partial charge in [-0.05, 0) is 60.3 Å². The molecule has 0 bridgehead atoms. The normalized spacial score (nSPS) is 14.3. The van der Waals surface area contributed by atoms with Crippen molar-refractivity contribution in [3.05, 3.63) is 50.9 Å². The van der Waals surface area contributed by atoms with E-state index in [0.717, 1.165) is 15.9 Å². The highest BCUT2D eigenvalue weighted by Crippen LogP contribution is 2.19.